The molecule has 1 aromatic rings. The molecule has 3 unspecified atom stereocenters. The van der Waals surface area contributed by atoms with Gasteiger partial charge in [-0.3, -0.25) is 9.78 Å². The van der Waals surface area contributed by atoms with Crippen molar-refractivity contribution in [1.82, 2.24) is 4.98 Å². The van der Waals surface area contributed by atoms with E-state index in [0.717, 1.165) is 19.3 Å². The van der Waals surface area contributed by atoms with Crippen LogP contribution in [0.15, 0.2) is 18.3 Å². The van der Waals surface area contributed by atoms with Crippen LogP contribution in [0.1, 0.15) is 49.8 Å². The summed E-state index contributed by atoms with van der Waals surface area (Å²) in [4.78, 5) is 16.3. The van der Waals surface area contributed by atoms with Crippen molar-refractivity contribution in [2.24, 2.45) is 11.8 Å². The fourth-order valence-electron chi connectivity index (χ4n) is 3.64. The quantitative estimate of drug-likeness (QED) is 0.740. The summed E-state index contributed by atoms with van der Waals surface area (Å²) in [7, 11) is 0. The maximum atomic E-state index is 11.7. The zero-order valence-electron chi connectivity index (χ0n) is 10.4. The van der Waals surface area contributed by atoms with E-state index in [-0.39, 0.29) is 5.92 Å². The number of ketones is 1. The first-order valence-electron chi connectivity index (χ1n) is 6.74. The minimum atomic E-state index is 0.243. The first-order valence-corrected chi connectivity index (χ1v) is 6.74. The van der Waals surface area contributed by atoms with Gasteiger partial charge in [0.05, 0.1) is 0 Å². The van der Waals surface area contributed by atoms with E-state index < -0.39 is 0 Å². The summed E-state index contributed by atoms with van der Waals surface area (Å²) in [6.45, 7) is 2.11. The third kappa shape index (κ3) is 1.80. The summed E-state index contributed by atoms with van der Waals surface area (Å²) in [5.74, 6) is 1.77. The number of nitrogens with zero attached hydrogens (tertiary/aromatic N) is 1. The van der Waals surface area contributed by atoms with Gasteiger partial charge in [-0.1, -0.05) is 13.0 Å². The molecule has 1 fully saturated rings. The highest BCUT2D eigenvalue weighted by Crippen LogP contribution is 2.44. The third-order valence-electron chi connectivity index (χ3n) is 4.63. The number of Topliss-reactive ketones (excluding diaryl/α,β-unsaturated/α-hetero) is 1. The molecule has 0 bridgehead atoms. The van der Waals surface area contributed by atoms with E-state index in [1.807, 2.05) is 12.3 Å². The molecule has 1 aromatic heterocycles. The Labute approximate surface area is 102 Å². The second kappa shape index (κ2) is 4.25. The van der Waals surface area contributed by atoms with Crippen molar-refractivity contribution in [3.05, 3.63) is 29.6 Å². The van der Waals surface area contributed by atoms with Crippen molar-refractivity contribution in [1.29, 1.82) is 0 Å². The highest BCUT2D eigenvalue weighted by molar-refractivity contribution is 5.83. The third-order valence-corrected chi connectivity index (χ3v) is 4.63. The van der Waals surface area contributed by atoms with Crippen LogP contribution in [0.2, 0.25) is 0 Å². The maximum absolute atomic E-state index is 11.7. The van der Waals surface area contributed by atoms with Crippen LogP contribution in [0.3, 0.4) is 0 Å². The molecule has 0 aliphatic heterocycles. The predicted octanol–water partition coefficient (Wildman–Crippen LogP) is 3.12. The molecule has 2 nitrogen and oxygen atoms in total. The Balaban J connectivity index is 1.93. The van der Waals surface area contributed by atoms with Crippen LogP contribution in [-0.4, -0.2) is 10.8 Å². The highest BCUT2D eigenvalue weighted by atomic mass is 16.1. The predicted molar refractivity (Wildman–Crippen MR) is 66.8 cm³/mol. The lowest BCUT2D eigenvalue weighted by Crippen LogP contribution is -2.23. The van der Waals surface area contributed by atoms with E-state index in [4.69, 9.17) is 0 Å². The number of fused-ring (bicyclic) bond motifs is 1. The number of hydrogen-bond donors (Lipinski definition) is 0. The van der Waals surface area contributed by atoms with Gasteiger partial charge in [-0.15, -0.1) is 0 Å². The Bertz CT molecular complexity index is 440. The van der Waals surface area contributed by atoms with Gasteiger partial charge in [0, 0.05) is 30.1 Å². The number of aryl methyl sites for hydroxylation is 1. The lowest BCUT2D eigenvalue weighted by Gasteiger charge is -2.30. The van der Waals surface area contributed by atoms with Gasteiger partial charge < -0.3 is 0 Å². The lowest BCUT2D eigenvalue weighted by atomic mass is 9.75. The molecule has 1 saturated carbocycles. The van der Waals surface area contributed by atoms with Gasteiger partial charge in [0.2, 0.25) is 0 Å². The first-order chi connectivity index (χ1) is 8.27. The molecule has 2 aliphatic rings. The molecule has 0 amide bonds. The minimum absolute atomic E-state index is 0.243. The van der Waals surface area contributed by atoms with Gasteiger partial charge in [-0.2, -0.15) is 0 Å². The number of aromatic nitrogens is 1. The molecule has 0 aromatic carbocycles. The summed E-state index contributed by atoms with van der Waals surface area (Å²) in [6, 6.07) is 4.24. The molecule has 0 spiro atoms. The molecule has 0 radical (unpaired) electrons. The molecular weight excluding hydrogens is 210 g/mol. The Morgan fingerprint density at radius 1 is 1.29 bits per heavy atom. The van der Waals surface area contributed by atoms with Crippen LogP contribution >= 0.6 is 0 Å². The SMILES string of the molecule is CC1C(=O)CCC1C1CCCc2cccnc21. The standard InChI is InChI=1S/C15H19NO/c1-10-12(7-8-14(10)17)13-6-2-4-11-5-3-9-16-15(11)13/h3,5,9-10,12-13H,2,4,6-8H2,1H3. The van der Waals surface area contributed by atoms with Crippen LogP contribution in [0.25, 0.3) is 0 Å². The number of rotatable bonds is 1. The molecule has 2 heteroatoms. The Morgan fingerprint density at radius 2 is 2.18 bits per heavy atom. The summed E-state index contributed by atoms with van der Waals surface area (Å²) >= 11 is 0. The van der Waals surface area contributed by atoms with Crippen molar-refractivity contribution >= 4 is 5.78 Å². The minimum Gasteiger partial charge on any atom is -0.299 e. The van der Waals surface area contributed by atoms with Gasteiger partial charge in [0.15, 0.2) is 0 Å². The van der Waals surface area contributed by atoms with Crippen molar-refractivity contribution < 1.29 is 4.79 Å². The van der Waals surface area contributed by atoms with E-state index in [1.165, 1.54) is 24.1 Å². The average Bonchev–Trinajstić information content (AvgIpc) is 2.69. The van der Waals surface area contributed by atoms with E-state index >= 15 is 0 Å². The monoisotopic (exact) mass is 229 g/mol. The van der Waals surface area contributed by atoms with Crippen molar-refractivity contribution in [2.75, 3.05) is 0 Å². The summed E-state index contributed by atoms with van der Waals surface area (Å²) < 4.78 is 0. The zero-order valence-corrected chi connectivity index (χ0v) is 10.4. The molecule has 3 atom stereocenters. The Hall–Kier alpha value is -1.18. The highest BCUT2D eigenvalue weighted by Gasteiger charge is 2.39. The molecular formula is C15H19NO. The van der Waals surface area contributed by atoms with Crippen LogP contribution in [0.5, 0.6) is 0 Å². The van der Waals surface area contributed by atoms with E-state index in [2.05, 4.69) is 18.0 Å². The van der Waals surface area contributed by atoms with Crippen LogP contribution in [0, 0.1) is 11.8 Å². The van der Waals surface area contributed by atoms with E-state index in [1.54, 1.807) is 0 Å². The van der Waals surface area contributed by atoms with E-state index in [0.29, 0.717) is 17.6 Å². The molecule has 0 N–H and O–H groups in total. The van der Waals surface area contributed by atoms with E-state index in [9.17, 15) is 4.79 Å². The number of hydrogen-bond acceptors (Lipinski definition) is 2. The van der Waals surface area contributed by atoms with Crippen LogP contribution < -0.4 is 0 Å². The lowest BCUT2D eigenvalue weighted by molar-refractivity contribution is -0.120. The van der Waals surface area contributed by atoms with Crippen LogP contribution in [0.4, 0.5) is 0 Å². The Kier molecular flexibility index (Phi) is 2.73. The fourth-order valence-corrected chi connectivity index (χ4v) is 3.64. The second-order valence-electron chi connectivity index (χ2n) is 5.50. The fraction of sp³-hybridized carbons (Fsp3) is 0.600. The number of pyridine rings is 1. The second-order valence-corrected chi connectivity index (χ2v) is 5.50. The number of carbonyl (C=O) groups excluding carboxylic acids is 1. The molecule has 1 heterocycles. The summed E-state index contributed by atoms with van der Waals surface area (Å²) in [6.07, 6.45) is 7.38. The largest absolute Gasteiger partial charge is 0.299 e. The van der Waals surface area contributed by atoms with Gasteiger partial charge in [-0.25, -0.2) is 0 Å². The zero-order chi connectivity index (χ0) is 11.8. The van der Waals surface area contributed by atoms with Crippen LogP contribution in [-0.2, 0) is 11.2 Å². The topological polar surface area (TPSA) is 30.0 Å². The maximum Gasteiger partial charge on any atom is 0.136 e. The smallest absolute Gasteiger partial charge is 0.136 e. The summed E-state index contributed by atoms with van der Waals surface area (Å²) in [5, 5.41) is 0. The molecule has 90 valence electrons. The van der Waals surface area contributed by atoms with Gasteiger partial charge in [0.1, 0.15) is 5.78 Å². The number of carbonyl (C=O) groups is 1. The summed E-state index contributed by atoms with van der Waals surface area (Å²) in [5.41, 5.74) is 2.69. The average molecular weight is 229 g/mol. The molecule has 2 aliphatic carbocycles. The van der Waals surface area contributed by atoms with Crippen molar-refractivity contribution in [2.45, 2.75) is 44.9 Å². The Morgan fingerprint density at radius 3 is 2.94 bits per heavy atom. The molecule has 0 saturated heterocycles. The van der Waals surface area contributed by atoms with Crippen molar-refractivity contribution in [3.63, 3.8) is 0 Å². The van der Waals surface area contributed by atoms with Crippen molar-refractivity contribution in [3.8, 4) is 0 Å². The molecule has 17 heavy (non-hydrogen) atoms. The van der Waals surface area contributed by atoms with Gasteiger partial charge in [0.25, 0.3) is 0 Å². The van der Waals surface area contributed by atoms with Gasteiger partial charge in [-0.05, 0) is 43.2 Å². The normalized spacial score (nSPS) is 32.5. The first kappa shape index (κ1) is 10.9. The molecule has 3 rings (SSSR count). The van der Waals surface area contributed by atoms with Gasteiger partial charge >= 0.3 is 0 Å².